The van der Waals surface area contributed by atoms with Crippen LogP contribution >= 0.6 is 34.8 Å². The van der Waals surface area contributed by atoms with Gasteiger partial charge in [0.15, 0.2) is 5.75 Å². The van der Waals surface area contributed by atoms with Crippen molar-refractivity contribution in [2.24, 2.45) is 5.92 Å². The molecule has 1 saturated carbocycles. The Labute approximate surface area is 144 Å². The SMILES string of the molecule is O=C(O)C1CCC(NCCOc2c(Cl)cc(Cl)cc2Cl)CC1. The molecule has 4 nitrogen and oxygen atoms in total. The first kappa shape index (κ1) is 17.7. The summed E-state index contributed by atoms with van der Waals surface area (Å²) in [6.45, 7) is 1.08. The summed E-state index contributed by atoms with van der Waals surface area (Å²) in [5.74, 6) is -0.445. The minimum Gasteiger partial charge on any atom is -0.489 e. The minimum absolute atomic E-state index is 0.194. The number of hydrogen-bond acceptors (Lipinski definition) is 3. The summed E-state index contributed by atoms with van der Waals surface area (Å²) in [4.78, 5) is 10.9. The van der Waals surface area contributed by atoms with Gasteiger partial charge in [-0.05, 0) is 37.8 Å². The Morgan fingerprint density at radius 2 is 1.77 bits per heavy atom. The van der Waals surface area contributed by atoms with Gasteiger partial charge in [0.2, 0.25) is 0 Å². The number of carboxylic acid groups (broad SMARTS) is 1. The van der Waals surface area contributed by atoms with Crippen LogP contribution in [0.2, 0.25) is 15.1 Å². The highest BCUT2D eigenvalue weighted by Crippen LogP contribution is 2.35. The number of halogens is 3. The van der Waals surface area contributed by atoms with Crippen molar-refractivity contribution in [2.75, 3.05) is 13.2 Å². The van der Waals surface area contributed by atoms with Gasteiger partial charge in [0.1, 0.15) is 6.61 Å². The molecule has 0 unspecified atom stereocenters. The van der Waals surface area contributed by atoms with Crippen LogP contribution in [0.3, 0.4) is 0 Å². The van der Waals surface area contributed by atoms with Gasteiger partial charge in [0.05, 0.1) is 16.0 Å². The molecule has 2 rings (SSSR count). The van der Waals surface area contributed by atoms with Gasteiger partial charge in [0.25, 0.3) is 0 Å². The Morgan fingerprint density at radius 3 is 2.32 bits per heavy atom. The fourth-order valence-corrected chi connectivity index (χ4v) is 3.55. The smallest absolute Gasteiger partial charge is 0.306 e. The first-order valence-electron chi connectivity index (χ1n) is 7.21. The van der Waals surface area contributed by atoms with E-state index >= 15 is 0 Å². The van der Waals surface area contributed by atoms with Gasteiger partial charge in [-0.1, -0.05) is 34.8 Å². The highest BCUT2D eigenvalue weighted by Gasteiger charge is 2.25. The molecule has 1 fully saturated rings. The van der Waals surface area contributed by atoms with Crippen molar-refractivity contribution in [1.82, 2.24) is 5.32 Å². The van der Waals surface area contributed by atoms with Crippen molar-refractivity contribution in [3.63, 3.8) is 0 Å². The lowest BCUT2D eigenvalue weighted by atomic mass is 9.86. The summed E-state index contributed by atoms with van der Waals surface area (Å²) in [5.41, 5.74) is 0. The number of rotatable bonds is 6. The number of carboxylic acids is 1. The Balaban J connectivity index is 1.71. The summed E-state index contributed by atoms with van der Waals surface area (Å²) in [7, 11) is 0. The molecular formula is C15H18Cl3NO3. The molecule has 0 atom stereocenters. The fourth-order valence-electron chi connectivity index (χ4n) is 2.63. The Morgan fingerprint density at radius 1 is 1.18 bits per heavy atom. The zero-order valence-corrected chi connectivity index (χ0v) is 14.2. The Kier molecular flexibility index (Phi) is 6.63. The summed E-state index contributed by atoms with van der Waals surface area (Å²) in [6.07, 6.45) is 3.20. The Bertz CT molecular complexity index is 508. The molecule has 122 valence electrons. The number of benzene rings is 1. The second-order valence-corrected chi connectivity index (χ2v) is 6.64. The number of hydrogen-bond donors (Lipinski definition) is 2. The summed E-state index contributed by atoms with van der Waals surface area (Å²) in [5, 5.41) is 13.6. The number of aliphatic carboxylic acids is 1. The van der Waals surface area contributed by atoms with Gasteiger partial charge < -0.3 is 15.2 Å². The molecule has 0 amide bonds. The third-order valence-electron chi connectivity index (χ3n) is 3.82. The van der Waals surface area contributed by atoms with Crippen molar-refractivity contribution in [2.45, 2.75) is 31.7 Å². The van der Waals surface area contributed by atoms with E-state index in [-0.39, 0.29) is 5.92 Å². The van der Waals surface area contributed by atoms with Gasteiger partial charge in [0, 0.05) is 17.6 Å². The Hall–Kier alpha value is -0.680. The van der Waals surface area contributed by atoms with E-state index < -0.39 is 5.97 Å². The molecule has 0 heterocycles. The van der Waals surface area contributed by atoms with Crippen LogP contribution < -0.4 is 10.1 Å². The second kappa shape index (κ2) is 8.25. The van der Waals surface area contributed by atoms with E-state index in [1.807, 2.05) is 0 Å². The normalized spacial score (nSPS) is 21.6. The number of ether oxygens (including phenoxy) is 1. The molecule has 1 aliphatic carbocycles. The highest BCUT2D eigenvalue weighted by atomic mass is 35.5. The van der Waals surface area contributed by atoms with Gasteiger partial charge in [-0.3, -0.25) is 4.79 Å². The van der Waals surface area contributed by atoms with Gasteiger partial charge in [-0.15, -0.1) is 0 Å². The molecule has 22 heavy (non-hydrogen) atoms. The molecule has 0 radical (unpaired) electrons. The molecule has 0 aromatic heterocycles. The zero-order chi connectivity index (χ0) is 16.1. The monoisotopic (exact) mass is 365 g/mol. The van der Waals surface area contributed by atoms with E-state index in [4.69, 9.17) is 44.6 Å². The molecule has 0 saturated heterocycles. The molecule has 1 aromatic carbocycles. The van der Waals surface area contributed by atoms with E-state index in [1.165, 1.54) is 0 Å². The maximum atomic E-state index is 10.9. The van der Waals surface area contributed by atoms with Gasteiger partial charge in [-0.2, -0.15) is 0 Å². The maximum Gasteiger partial charge on any atom is 0.306 e. The van der Waals surface area contributed by atoms with Crippen LogP contribution in [0.5, 0.6) is 5.75 Å². The first-order valence-corrected chi connectivity index (χ1v) is 8.34. The second-order valence-electron chi connectivity index (χ2n) is 5.39. The predicted octanol–water partition coefficient (Wildman–Crippen LogP) is 4.26. The molecule has 0 spiro atoms. The average molecular weight is 367 g/mol. The van der Waals surface area contributed by atoms with Gasteiger partial charge in [-0.25, -0.2) is 0 Å². The minimum atomic E-state index is -0.686. The summed E-state index contributed by atoms with van der Waals surface area (Å²) < 4.78 is 5.59. The van der Waals surface area contributed by atoms with Crippen LogP contribution in [0.4, 0.5) is 0 Å². The van der Waals surface area contributed by atoms with Crippen molar-refractivity contribution >= 4 is 40.8 Å². The first-order chi connectivity index (χ1) is 10.5. The quantitative estimate of drug-likeness (QED) is 0.739. The van der Waals surface area contributed by atoms with Crippen LogP contribution in [0.1, 0.15) is 25.7 Å². The number of carbonyl (C=O) groups is 1. The van der Waals surface area contributed by atoms with Crippen LogP contribution in [-0.4, -0.2) is 30.3 Å². The maximum absolute atomic E-state index is 10.9. The van der Waals surface area contributed by atoms with Crippen LogP contribution in [0, 0.1) is 5.92 Å². The summed E-state index contributed by atoms with van der Waals surface area (Å²) >= 11 is 17.9. The molecule has 2 N–H and O–H groups in total. The predicted molar refractivity (Wildman–Crippen MR) is 88.4 cm³/mol. The average Bonchev–Trinajstić information content (AvgIpc) is 2.46. The third-order valence-corrected chi connectivity index (χ3v) is 4.60. The topological polar surface area (TPSA) is 58.6 Å². The van der Waals surface area contributed by atoms with Gasteiger partial charge >= 0.3 is 5.97 Å². The van der Waals surface area contributed by atoms with Crippen molar-refractivity contribution in [3.05, 3.63) is 27.2 Å². The lowest BCUT2D eigenvalue weighted by Gasteiger charge is -2.27. The van der Waals surface area contributed by atoms with Crippen LogP contribution in [-0.2, 0) is 4.79 Å². The molecular weight excluding hydrogens is 349 g/mol. The lowest BCUT2D eigenvalue weighted by molar-refractivity contribution is -0.142. The molecule has 0 bridgehead atoms. The molecule has 7 heteroatoms. The van der Waals surface area contributed by atoms with Crippen molar-refractivity contribution in [1.29, 1.82) is 0 Å². The fraction of sp³-hybridized carbons (Fsp3) is 0.533. The van der Waals surface area contributed by atoms with E-state index in [1.54, 1.807) is 12.1 Å². The molecule has 0 aliphatic heterocycles. The molecule has 1 aliphatic rings. The zero-order valence-electron chi connectivity index (χ0n) is 11.9. The number of nitrogens with one attached hydrogen (secondary N) is 1. The van der Waals surface area contributed by atoms with E-state index in [2.05, 4.69) is 5.32 Å². The highest BCUT2D eigenvalue weighted by molar-refractivity contribution is 6.40. The van der Waals surface area contributed by atoms with Crippen molar-refractivity contribution in [3.8, 4) is 5.75 Å². The van der Waals surface area contributed by atoms with Crippen LogP contribution in [0.25, 0.3) is 0 Å². The van der Waals surface area contributed by atoms with E-state index in [0.29, 0.717) is 40.0 Å². The largest absolute Gasteiger partial charge is 0.489 e. The lowest BCUT2D eigenvalue weighted by Crippen LogP contribution is -2.37. The standard InChI is InChI=1S/C15H18Cl3NO3/c16-10-7-12(17)14(13(18)8-10)22-6-5-19-11-3-1-9(2-4-11)15(20)21/h7-9,11,19H,1-6H2,(H,20,21). The third kappa shape index (κ3) is 4.92. The summed E-state index contributed by atoms with van der Waals surface area (Å²) in [6, 6.07) is 3.52. The van der Waals surface area contributed by atoms with Crippen molar-refractivity contribution < 1.29 is 14.6 Å². The van der Waals surface area contributed by atoms with E-state index in [9.17, 15) is 4.79 Å². The van der Waals surface area contributed by atoms with E-state index in [0.717, 1.165) is 25.7 Å². The van der Waals surface area contributed by atoms with Crippen LogP contribution in [0.15, 0.2) is 12.1 Å². The molecule has 1 aromatic rings.